The van der Waals surface area contributed by atoms with Crippen LogP contribution >= 0.6 is 0 Å². The van der Waals surface area contributed by atoms with Crippen molar-refractivity contribution in [3.63, 3.8) is 0 Å². The normalized spacial score (nSPS) is 12.4. The van der Waals surface area contributed by atoms with E-state index in [4.69, 9.17) is 5.73 Å². The predicted molar refractivity (Wildman–Crippen MR) is 63.7 cm³/mol. The molecule has 15 heavy (non-hydrogen) atoms. The fourth-order valence-corrected chi connectivity index (χ4v) is 1.70. The highest BCUT2D eigenvalue weighted by atomic mass is 16.2. The monoisotopic (exact) mass is 213 g/mol. The van der Waals surface area contributed by atoms with E-state index in [9.17, 15) is 4.79 Å². The SMILES string of the molecule is CCCCCCCCCC(C)NC([NH])=O. The average molecular weight is 213 g/mol. The zero-order chi connectivity index (χ0) is 11.5. The van der Waals surface area contributed by atoms with Gasteiger partial charge < -0.3 is 5.32 Å². The highest BCUT2D eigenvalue weighted by molar-refractivity contribution is 5.70. The van der Waals surface area contributed by atoms with Gasteiger partial charge in [-0.05, 0) is 13.3 Å². The van der Waals surface area contributed by atoms with E-state index in [1.165, 1.54) is 38.5 Å². The molecule has 0 saturated carbocycles. The van der Waals surface area contributed by atoms with Crippen LogP contribution in [0.15, 0.2) is 0 Å². The van der Waals surface area contributed by atoms with Gasteiger partial charge in [-0.15, -0.1) is 0 Å². The van der Waals surface area contributed by atoms with Gasteiger partial charge in [-0.2, -0.15) is 0 Å². The molecule has 89 valence electrons. The van der Waals surface area contributed by atoms with Gasteiger partial charge in [0.2, 0.25) is 0 Å². The van der Waals surface area contributed by atoms with Crippen LogP contribution in [0.1, 0.15) is 65.2 Å². The van der Waals surface area contributed by atoms with Gasteiger partial charge >= 0.3 is 6.03 Å². The molecule has 0 bridgehead atoms. The molecule has 2 amide bonds. The molecule has 0 heterocycles. The van der Waals surface area contributed by atoms with Crippen LogP contribution in [-0.2, 0) is 0 Å². The van der Waals surface area contributed by atoms with Crippen molar-refractivity contribution in [1.82, 2.24) is 11.1 Å². The van der Waals surface area contributed by atoms with Crippen molar-refractivity contribution in [3.8, 4) is 0 Å². The number of hydrogen-bond donors (Lipinski definition) is 1. The number of carbonyl (C=O) groups excluding carboxylic acids is 1. The van der Waals surface area contributed by atoms with Gasteiger partial charge in [-0.1, -0.05) is 51.9 Å². The largest absolute Gasteiger partial charge is 0.334 e. The second-order valence-electron chi connectivity index (χ2n) is 4.28. The zero-order valence-electron chi connectivity index (χ0n) is 10.1. The molecule has 1 radical (unpaired) electrons. The molecule has 1 atom stereocenters. The molecule has 0 saturated heterocycles. The van der Waals surface area contributed by atoms with Gasteiger partial charge in [0.1, 0.15) is 0 Å². The van der Waals surface area contributed by atoms with Crippen molar-refractivity contribution >= 4 is 6.03 Å². The Balaban J connectivity index is 3.13. The van der Waals surface area contributed by atoms with Crippen molar-refractivity contribution in [2.24, 2.45) is 0 Å². The van der Waals surface area contributed by atoms with Gasteiger partial charge in [-0.25, -0.2) is 10.5 Å². The maximum Gasteiger partial charge on any atom is 0.333 e. The Hall–Kier alpha value is -0.730. The molecule has 0 aromatic carbocycles. The van der Waals surface area contributed by atoms with E-state index in [2.05, 4.69) is 12.2 Å². The number of rotatable bonds is 9. The summed E-state index contributed by atoms with van der Waals surface area (Å²) >= 11 is 0. The summed E-state index contributed by atoms with van der Waals surface area (Å²) in [7, 11) is 0. The van der Waals surface area contributed by atoms with E-state index in [0.29, 0.717) is 0 Å². The molecule has 3 nitrogen and oxygen atoms in total. The van der Waals surface area contributed by atoms with E-state index < -0.39 is 6.03 Å². The molecule has 0 aromatic rings. The van der Waals surface area contributed by atoms with Crippen LogP contribution in [0, 0.1) is 0 Å². The average Bonchev–Trinajstić information content (AvgIpc) is 2.15. The molecule has 0 aliphatic heterocycles. The van der Waals surface area contributed by atoms with Crippen molar-refractivity contribution in [1.29, 1.82) is 0 Å². The predicted octanol–water partition coefficient (Wildman–Crippen LogP) is 3.51. The van der Waals surface area contributed by atoms with E-state index in [1.807, 2.05) is 6.92 Å². The minimum absolute atomic E-state index is 0.158. The first-order chi connectivity index (χ1) is 7.16. The molecule has 0 aromatic heterocycles. The third kappa shape index (κ3) is 11.2. The Morgan fingerprint density at radius 1 is 1.13 bits per heavy atom. The topological polar surface area (TPSA) is 52.9 Å². The maximum absolute atomic E-state index is 10.4. The van der Waals surface area contributed by atoms with Crippen molar-refractivity contribution in [2.45, 2.75) is 71.3 Å². The summed E-state index contributed by atoms with van der Waals surface area (Å²) in [6.45, 7) is 4.19. The zero-order valence-corrected chi connectivity index (χ0v) is 10.1. The lowest BCUT2D eigenvalue weighted by molar-refractivity contribution is 0.244. The summed E-state index contributed by atoms with van der Waals surface area (Å²) in [6.07, 6.45) is 10.1. The van der Waals surface area contributed by atoms with Crippen LogP contribution in [0.4, 0.5) is 4.79 Å². The molecule has 0 spiro atoms. The van der Waals surface area contributed by atoms with Gasteiger partial charge in [-0.3, -0.25) is 0 Å². The van der Waals surface area contributed by atoms with Gasteiger partial charge in [0, 0.05) is 6.04 Å². The van der Waals surface area contributed by atoms with E-state index in [1.54, 1.807) is 0 Å². The third-order valence-electron chi connectivity index (χ3n) is 2.62. The van der Waals surface area contributed by atoms with E-state index in [0.717, 1.165) is 12.8 Å². The molecule has 2 N–H and O–H groups in total. The first kappa shape index (κ1) is 14.3. The van der Waals surface area contributed by atoms with Crippen LogP contribution < -0.4 is 11.1 Å². The van der Waals surface area contributed by atoms with Gasteiger partial charge in [0.25, 0.3) is 0 Å². The summed E-state index contributed by atoms with van der Waals surface area (Å²) in [5.74, 6) is 0. The lowest BCUT2D eigenvalue weighted by Crippen LogP contribution is -2.31. The van der Waals surface area contributed by atoms with E-state index >= 15 is 0 Å². The quantitative estimate of drug-likeness (QED) is 0.585. The molecule has 0 aliphatic rings. The van der Waals surface area contributed by atoms with Crippen LogP contribution in [0.25, 0.3) is 0 Å². The Morgan fingerprint density at radius 3 is 2.20 bits per heavy atom. The minimum atomic E-state index is -0.662. The number of nitrogens with one attached hydrogen (secondary N) is 2. The first-order valence-corrected chi connectivity index (χ1v) is 6.19. The molecule has 3 heteroatoms. The number of hydrogen-bond acceptors (Lipinski definition) is 1. The lowest BCUT2D eigenvalue weighted by atomic mass is 10.1. The molecular weight excluding hydrogens is 188 g/mol. The lowest BCUT2D eigenvalue weighted by Gasteiger charge is -2.10. The fraction of sp³-hybridized carbons (Fsp3) is 0.917. The van der Waals surface area contributed by atoms with Gasteiger partial charge in [0.05, 0.1) is 0 Å². The number of amides is 2. The fourth-order valence-electron chi connectivity index (χ4n) is 1.70. The second kappa shape index (κ2) is 9.81. The Labute approximate surface area is 93.8 Å². The van der Waals surface area contributed by atoms with Crippen molar-refractivity contribution in [3.05, 3.63) is 0 Å². The van der Waals surface area contributed by atoms with Gasteiger partial charge in [0.15, 0.2) is 0 Å². The van der Waals surface area contributed by atoms with Crippen LogP contribution in [0.3, 0.4) is 0 Å². The summed E-state index contributed by atoms with van der Waals surface area (Å²) in [6, 6.07) is -0.504. The summed E-state index contributed by atoms with van der Waals surface area (Å²) in [5, 5.41) is 2.58. The minimum Gasteiger partial charge on any atom is -0.334 e. The number of urea groups is 1. The first-order valence-electron chi connectivity index (χ1n) is 6.19. The summed E-state index contributed by atoms with van der Waals surface area (Å²) < 4.78 is 0. The second-order valence-corrected chi connectivity index (χ2v) is 4.28. The Morgan fingerprint density at radius 2 is 1.67 bits per heavy atom. The van der Waals surface area contributed by atoms with Crippen LogP contribution in [0.2, 0.25) is 0 Å². The number of unbranched alkanes of at least 4 members (excludes halogenated alkanes) is 6. The summed E-state index contributed by atoms with van der Waals surface area (Å²) in [5.41, 5.74) is 6.75. The van der Waals surface area contributed by atoms with Crippen LogP contribution in [-0.4, -0.2) is 12.1 Å². The maximum atomic E-state index is 10.4. The standard InChI is InChI=1S/C12H25N2O/c1-3-4-5-6-7-8-9-10-11(2)14-12(13)15/h11,13H,3-10H2,1-2H3,(H,14,15). The Bertz CT molecular complexity index is 160. The smallest absolute Gasteiger partial charge is 0.333 e. The third-order valence-corrected chi connectivity index (χ3v) is 2.62. The molecule has 0 aliphatic carbocycles. The summed E-state index contributed by atoms with van der Waals surface area (Å²) in [4.78, 5) is 10.4. The van der Waals surface area contributed by atoms with Crippen LogP contribution in [0.5, 0.6) is 0 Å². The highest BCUT2D eigenvalue weighted by Gasteiger charge is 2.03. The number of carbonyl (C=O) groups is 1. The Kier molecular flexibility index (Phi) is 9.33. The van der Waals surface area contributed by atoms with Crippen molar-refractivity contribution in [2.75, 3.05) is 0 Å². The molecule has 0 fully saturated rings. The molecular formula is C12H25N2O. The van der Waals surface area contributed by atoms with Crippen molar-refractivity contribution < 1.29 is 4.79 Å². The highest BCUT2D eigenvalue weighted by Crippen LogP contribution is 2.09. The van der Waals surface area contributed by atoms with E-state index in [-0.39, 0.29) is 6.04 Å². The molecule has 1 unspecified atom stereocenters. The molecule has 0 rings (SSSR count).